The number of H-pyrrole nitrogens is 1. The van der Waals surface area contributed by atoms with Gasteiger partial charge in [0.25, 0.3) is 11.5 Å². The number of rotatable bonds is 8. The molecule has 2 aromatic carbocycles. The maximum Gasteiger partial charge on any atom is 0.263 e. The molecule has 32 heavy (non-hydrogen) atoms. The summed E-state index contributed by atoms with van der Waals surface area (Å²) in [5.74, 6) is 1.51. The average molecular weight is 437 g/mol. The Morgan fingerprint density at radius 1 is 1.22 bits per heavy atom. The summed E-state index contributed by atoms with van der Waals surface area (Å²) in [5, 5.41) is 0.518. The highest BCUT2D eigenvalue weighted by molar-refractivity contribution is 5.81. The van der Waals surface area contributed by atoms with Crippen LogP contribution in [-0.4, -0.2) is 53.2 Å². The first-order valence-corrected chi connectivity index (χ1v) is 10.7. The monoisotopic (exact) mass is 437 g/mol. The van der Waals surface area contributed by atoms with Crippen LogP contribution in [0.25, 0.3) is 10.9 Å². The van der Waals surface area contributed by atoms with Crippen molar-refractivity contribution in [3.8, 4) is 11.5 Å². The number of carbonyl (C=O) groups is 1. The first-order valence-electron chi connectivity index (χ1n) is 10.7. The number of amides is 1. The molecule has 0 saturated carbocycles. The van der Waals surface area contributed by atoms with Crippen LogP contribution in [0.1, 0.15) is 25.6 Å². The molecule has 0 radical (unpaired) electrons. The van der Waals surface area contributed by atoms with Gasteiger partial charge in [0, 0.05) is 13.2 Å². The summed E-state index contributed by atoms with van der Waals surface area (Å²) >= 11 is 0. The first-order chi connectivity index (χ1) is 15.5. The quantitative estimate of drug-likeness (QED) is 0.582. The van der Waals surface area contributed by atoms with Gasteiger partial charge >= 0.3 is 0 Å². The molecule has 2 atom stereocenters. The molecule has 1 fully saturated rings. The van der Waals surface area contributed by atoms with Gasteiger partial charge in [0.15, 0.2) is 6.10 Å². The summed E-state index contributed by atoms with van der Waals surface area (Å²) < 4.78 is 16.8. The normalized spacial score (nSPS) is 16.6. The zero-order valence-electron chi connectivity index (χ0n) is 18.2. The Hall–Kier alpha value is -3.39. The summed E-state index contributed by atoms with van der Waals surface area (Å²) in [5.41, 5.74) is 0.371. The molecule has 1 saturated heterocycles. The minimum absolute atomic E-state index is 0.0423. The van der Waals surface area contributed by atoms with Crippen molar-refractivity contribution < 1.29 is 19.0 Å². The molecular formula is C24H27N3O5. The molecule has 1 aliphatic heterocycles. The van der Waals surface area contributed by atoms with Crippen LogP contribution in [0.3, 0.4) is 0 Å². The van der Waals surface area contributed by atoms with Gasteiger partial charge in [0.2, 0.25) is 0 Å². The molecule has 8 nitrogen and oxygen atoms in total. The highest BCUT2D eigenvalue weighted by atomic mass is 16.5. The van der Waals surface area contributed by atoms with E-state index in [1.165, 1.54) is 0 Å². The van der Waals surface area contributed by atoms with Crippen molar-refractivity contribution in [3.63, 3.8) is 0 Å². The zero-order chi connectivity index (χ0) is 22.5. The molecule has 1 aliphatic rings. The molecular weight excluding hydrogens is 410 g/mol. The van der Waals surface area contributed by atoms with Crippen LogP contribution in [0.4, 0.5) is 0 Å². The molecule has 0 bridgehead atoms. The lowest BCUT2D eigenvalue weighted by Crippen LogP contribution is -2.44. The number of methoxy groups -OCH3 is 1. The predicted molar refractivity (Wildman–Crippen MR) is 120 cm³/mol. The fourth-order valence-electron chi connectivity index (χ4n) is 3.82. The van der Waals surface area contributed by atoms with Gasteiger partial charge in [-0.2, -0.15) is 0 Å². The van der Waals surface area contributed by atoms with Crippen LogP contribution in [0.15, 0.2) is 53.3 Å². The molecule has 2 heterocycles. The van der Waals surface area contributed by atoms with E-state index in [-0.39, 0.29) is 24.1 Å². The Labute approximate surface area is 186 Å². The lowest BCUT2D eigenvalue weighted by molar-refractivity contribution is -0.140. The van der Waals surface area contributed by atoms with Gasteiger partial charge in [-0.05, 0) is 56.2 Å². The maximum absolute atomic E-state index is 13.3. The second-order valence-electron chi connectivity index (χ2n) is 7.82. The van der Waals surface area contributed by atoms with E-state index < -0.39 is 6.10 Å². The van der Waals surface area contributed by atoms with Crippen molar-refractivity contribution in [3.05, 3.63) is 64.7 Å². The molecule has 168 valence electrons. The summed E-state index contributed by atoms with van der Waals surface area (Å²) in [6, 6.07) is 14.2. The van der Waals surface area contributed by atoms with Crippen molar-refractivity contribution in [2.24, 2.45) is 0 Å². The van der Waals surface area contributed by atoms with Gasteiger partial charge in [-0.3, -0.25) is 9.59 Å². The summed E-state index contributed by atoms with van der Waals surface area (Å²) in [4.78, 5) is 34.8. The molecule has 0 unspecified atom stereocenters. The van der Waals surface area contributed by atoms with Crippen molar-refractivity contribution >= 4 is 16.8 Å². The van der Waals surface area contributed by atoms with Crippen LogP contribution in [0.2, 0.25) is 0 Å². The second-order valence-corrected chi connectivity index (χ2v) is 7.82. The number of ether oxygens (including phenoxy) is 3. The maximum atomic E-state index is 13.3. The van der Waals surface area contributed by atoms with Crippen molar-refractivity contribution in [1.29, 1.82) is 0 Å². The number of nitrogens with one attached hydrogen (secondary N) is 1. The number of carbonyl (C=O) groups excluding carboxylic acids is 1. The SMILES string of the molecule is COc1ccc(O[C@H](C)C(=O)N(Cc2nc3ccccc3c(=O)[nH]2)C[C@@H]2CCCO2)cc1. The van der Waals surface area contributed by atoms with E-state index >= 15 is 0 Å². The van der Waals surface area contributed by atoms with E-state index in [1.807, 2.05) is 6.07 Å². The van der Waals surface area contributed by atoms with E-state index in [9.17, 15) is 9.59 Å². The van der Waals surface area contributed by atoms with E-state index in [1.54, 1.807) is 61.4 Å². The number of para-hydroxylation sites is 1. The highest BCUT2D eigenvalue weighted by Gasteiger charge is 2.27. The Bertz CT molecular complexity index is 1120. The fourth-order valence-corrected chi connectivity index (χ4v) is 3.82. The Kier molecular flexibility index (Phi) is 6.70. The number of hydrogen-bond donors (Lipinski definition) is 1. The van der Waals surface area contributed by atoms with Crippen LogP contribution in [0.5, 0.6) is 11.5 Å². The molecule has 0 spiro atoms. The molecule has 1 amide bonds. The Morgan fingerprint density at radius 2 is 1.97 bits per heavy atom. The van der Waals surface area contributed by atoms with Crippen LogP contribution in [0, 0.1) is 0 Å². The average Bonchev–Trinajstić information content (AvgIpc) is 3.32. The topological polar surface area (TPSA) is 93.8 Å². The smallest absolute Gasteiger partial charge is 0.263 e. The number of aromatic amines is 1. The van der Waals surface area contributed by atoms with Crippen molar-refractivity contribution in [2.75, 3.05) is 20.3 Å². The van der Waals surface area contributed by atoms with Crippen molar-refractivity contribution in [1.82, 2.24) is 14.9 Å². The van der Waals surface area contributed by atoms with Gasteiger partial charge in [-0.1, -0.05) is 12.1 Å². The lowest BCUT2D eigenvalue weighted by atomic mass is 10.2. The number of fused-ring (bicyclic) bond motifs is 1. The lowest BCUT2D eigenvalue weighted by Gasteiger charge is -2.28. The fraction of sp³-hybridized carbons (Fsp3) is 0.375. The van der Waals surface area contributed by atoms with Crippen LogP contribution < -0.4 is 15.0 Å². The first kappa shape index (κ1) is 21.8. The Morgan fingerprint density at radius 3 is 2.69 bits per heavy atom. The van der Waals surface area contributed by atoms with Gasteiger partial charge in [-0.25, -0.2) is 4.98 Å². The van der Waals surface area contributed by atoms with Crippen LogP contribution >= 0.6 is 0 Å². The molecule has 1 N–H and O–H groups in total. The van der Waals surface area contributed by atoms with Crippen LogP contribution in [-0.2, 0) is 16.1 Å². The van der Waals surface area contributed by atoms with Crippen molar-refractivity contribution in [2.45, 2.75) is 38.5 Å². The molecule has 3 aromatic rings. The third-order valence-electron chi connectivity index (χ3n) is 5.48. The number of aromatic nitrogens is 2. The van der Waals surface area contributed by atoms with Gasteiger partial charge < -0.3 is 24.1 Å². The molecule has 4 rings (SSSR count). The molecule has 0 aliphatic carbocycles. The third-order valence-corrected chi connectivity index (χ3v) is 5.48. The highest BCUT2D eigenvalue weighted by Crippen LogP contribution is 2.20. The van der Waals surface area contributed by atoms with Gasteiger partial charge in [0.1, 0.15) is 17.3 Å². The number of hydrogen-bond acceptors (Lipinski definition) is 6. The minimum atomic E-state index is -0.725. The van der Waals surface area contributed by atoms with Gasteiger partial charge in [0.05, 0.1) is 30.7 Å². The largest absolute Gasteiger partial charge is 0.497 e. The predicted octanol–water partition coefficient (Wildman–Crippen LogP) is 2.91. The van der Waals surface area contributed by atoms with E-state index in [0.29, 0.717) is 41.4 Å². The summed E-state index contributed by atoms with van der Waals surface area (Å²) in [7, 11) is 1.59. The molecule has 1 aromatic heterocycles. The third kappa shape index (κ3) is 5.08. The molecule has 8 heteroatoms. The van der Waals surface area contributed by atoms with E-state index in [0.717, 1.165) is 12.8 Å². The Balaban J connectivity index is 1.53. The standard InChI is InChI=1S/C24H27N3O5/c1-16(32-18-11-9-17(30-2)10-12-18)24(29)27(14-19-6-5-13-31-19)15-22-25-21-8-4-3-7-20(21)23(28)26-22/h3-4,7-12,16,19H,5-6,13-15H2,1-2H3,(H,25,26,28)/t16-,19+/m1/s1. The zero-order valence-corrected chi connectivity index (χ0v) is 18.2. The summed E-state index contributed by atoms with van der Waals surface area (Å²) in [6.07, 6.45) is 1.09. The van der Waals surface area contributed by atoms with E-state index in [2.05, 4.69) is 9.97 Å². The van der Waals surface area contributed by atoms with E-state index in [4.69, 9.17) is 14.2 Å². The summed E-state index contributed by atoms with van der Waals surface area (Å²) in [6.45, 7) is 2.97. The van der Waals surface area contributed by atoms with Gasteiger partial charge in [-0.15, -0.1) is 0 Å². The minimum Gasteiger partial charge on any atom is -0.497 e. The second kappa shape index (κ2) is 9.82. The number of nitrogens with zero attached hydrogens (tertiary/aromatic N) is 2. The number of benzene rings is 2.